The van der Waals surface area contributed by atoms with Crippen molar-refractivity contribution in [3.8, 4) is 0 Å². The maximum atomic E-state index is 12.5. The number of esters is 1. The molecule has 0 fully saturated rings. The van der Waals surface area contributed by atoms with Gasteiger partial charge in [-0.25, -0.2) is 4.79 Å². The van der Waals surface area contributed by atoms with E-state index in [9.17, 15) is 14.4 Å². The zero-order valence-electron chi connectivity index (χ0n) is 14.9. The van der Waals surface area contributed by atoms with Gasteiger partial charge in [0, 0.05) is 18.7 Å². The van der Waals surface area contributed by atoms with Crippen LogP contribution >= 0.6 is 0 Å². The molecule has 6 heteroatoms. The summed E-state index contributed by atoms with van der Waals surface area (Å²) in [6, 6.07) is 15.6. The van der Waals surface area contributed by atoms with Crippen molar-refractivity contribution in [3.63, 3.8) is 0 Å². The summed E-state index contributed by atoms with van der Waals surface area (Å²) in [5.41, 5.74) is 0.902. The molecule has 138 valence electrons. The van der Waals surface area contributed by atoms with Gasteiger partial charge in [0.1, 0.15) is 6.04 Å². The van der Waals surface area contributed by atoms with Crippen LogP contribution in [0, 0.1) is 0 Å². The van der Waals surface area contributed by atoms with E-state index in [2.05, 4.69) is 10.3 Å². The molecule has 2 aromatic carbocycles. The quantitative estimate of drug-likeness (QED) is 0.658. The van der Waals surface area contributed by atoms with E-state index in [1.807, 2.05) is 42.5 Å². The Kier molecular flexibility index (Phi) is 5.66. The van der Waals surface area contributed by atoms with E-state index < -0.39 is 17.9 Å². The Balaban J connectivity index is 1.87. The molecular weight excluding hydrogens is 344 g/mol. The Morgan fingerprint density at radius 1 is 1.07 bits per heavy atom. The van der Waals surface area contributed by atoms with Crippen LogP contribution in [0.15, 0.2) is 65.6 Å². The minimum Gasteiger partial charge on any atom is -0.464 e. The van der Waals surface area contributed by atoms with Crippen LogP contribution in [0.25, 0.3) is 10.8 Å². The molecular formula is C21H20N2O4. The Morgan fingerprint density at radius 2 is 1.85 bits per heavy atom. The fourth-order valence-corrected chi connectivity index (χ4v) is 2.92. The Morgan fingerprint density at radius 3 is 2.59 bits per heavy atom. The third-order valence-electron chi connectivity index (χ3n) is 4.23. The molecule has 1 atom stereocenters. The van der Waals surface area contributed by atoms with Crippen LogP contribution in [0.2, 0.25) is 0 Å². The molecule has 1 amide bonds. The molecule has 0 spiro atoms. The van der Waals surface area contributed by atoms with Gasteiger partial charge in [0.2, 0.25) is 5.56 Å². The maximum absolute atomic E-state index is 12.5. The highest BCUT2D eigenvalue weighted by Gasteiger charge is 2.24. The Labute approximate surface area is 156 Å². The Hall–Kier alpha value is -3.41. The molecule has 1 heterocycles. The van der Waals surface area contributed by atoms with Crippen LogP contribution < -0.4 is 10.9 Å². The summed E-state index contributed by atoms with van der Waals surface area (Å²) in [5.74, 6) is -0.951. The highest BCUT2D eigenvalue weighted by molar-refractivity contribution is 5.96. The summed E-state index contributed by atoms with van der Waals surface area (Å²) < 4.78 is 5.13. The molecule has 0 aliphatic carbocycles. The first kappa shape index (κ1) is 18.4. The van der Waals surface area contributed by atoms with Gasteiger partial charge in [0.05, 0.1) is 12.2 Å². The number of aromatic nitrogens is 1. The second-order valence-corrected chi connectivity index (χ2v) is 6.06. The first-order valence-corrected chi connectivity index (χ1v) is 8.71. The molecule has 27 heavy (non-hydrogen) atoms. The van der Waals surface area contributed by atoms with Crippen LogP contribution in [0.3, 0.4) is 0 Å². The summed E-state index contributed by atoms with van der Waals surface area (Å²) in [6.45, 7) is 1.94. The maximum Gasteiger partial charge on any atom is 0.328 e. The monoisotopic (exact) mass is 364 g/mol. The summed E-state index contributed by atoms with van der Waals surface area (Å²) in [7, 11) is 0. The van der Waals surface area contributed by atoms with Crippen LogP contribution in [-0.2, 0) is 16.0 Å². The highest BCUT2D eigenvalue weighted by Crippen LogP contribution is 2.20. The van der Waals surface area contributed by atoms with Gasteiger partial charge in [0.15, 0.2) is 0 Å². The molecule has 6 nitrogen and oxygen atoms in total. The minimum absolute atomic E-state index is 0.222. The normalized spacial score (nSPS) is 11.7. The van der Waals surface area contributed by atoms with E-state index in [0.29, 0.717) is 6.42 Å². The van der Waals surface area contributed by atoms with E-state index in [1.54, 1.807) is 6.92 Å². The summed E-state index contributed by atoms with van der Waals surface area (Å²) in [5, 5.41) is 4.80. The number of nitrogens with one attached hydrogen (secondary N) is 2. The molecule has 0 aliphatic rings. The van der Waals surface area contributed by atoms with E-state index >= 15 is 0 Å². The van der Waals surface area contributed by atoms with Gasteiger partial charge < -0.3 is 15.0 Å². The van der Waals surface area contributed by atoms with E-state index in [1.165, 1.54) is 18.3 Å². The fraction of sp³-hybridized carbons (Fsp3) is 0.190. The third kappa shape index (κ3) is 4.41. The number of fused-ring (bicyclic) bond motifs is 1. The fourth-order valence-electron chi connectivity index (χ4n) is 2.92. The van der Waals surface area contributed by atoms with Crippen LogP contribution in [-0.4, -0.2) is 29.5 Å². The van der Waals surface area contributed by atoms with Crippen LogP contribution in [0.5, 0.6) is 0 Å². The van der Waals surface area contributed by atoms with Crippen molar-refractivity contribution in [2.75, 3.05) is 6.61 Å². The number of carbonyl (C=O) groups excluding carboxylic acids is 2. The second-order valence-electron chi connectivity index (χ2n) is 6.06. The number of ether oxygens (including phenoxy) is 1. The molecule has 0 saturated heterocycles. The standard InChI is InChI=1S/C21H20N2O4/c1-2-27-21(26)18(23-20(25)16-10-11-19(24)22-13-16)12-15-8-5-7-14-6-3-4-9-17(14)15/h3-11,13,18H,2,12H2,1H3,(H,22,24)(H,23,25). The molecule has 1 aromatic heterocycles. The van der Waals surface area contributed by atoms with Crippen molar-refractivity contribution in [3.05, 3.63) is 82.3 Å². The van der Waals surface area contributed by atoms with Gasteiger partial charge in [-0.1, -0.05) is 42.5 Å². The minimum atomic E-state index is -0.838. The number of amides is 1. The number of aromatic amines is 1. The van der Waals surface area contributed by atoms with E-state index in [0.717, 1.165) is 16.3 Å². The van der Waals surface area contributed by atoms with Crippen molar-refractivity contribution in [2.45, 2.75) is 19.4 Å². The van der Waals surface area contributed by atoms with E-state index in [4.69, 9.17) is 4.74 Å². The average Bonchev–Trinajstić information content (AvgIpc) is 2.68. The topological polar surface area (TPSA) is 88.3 Å². The molecule has 3 aromatic rings. The third-order valence-corrected chi connectivity index (χ3v) is 4.23. The van der Waals surface area contributed by atoms with Gasteiger partial charge in [-0.15, -0.1) is 0 Å². The molecule has 0 radical (unpaired) electrons. The van der Waals surface area contributed by atoms with Crippen LogP contribution in [0.1, 0.15) is 22.8 Å². The molecule has 1 unspecified atom stereocenters. The summed E-state index contributed by atoms with van der Waals surface area (Å²) in [4.78, 5) is 38.5. The van der Waals surface area contributed by atoms with Crippen molar-refractivity contribution in [2.24, 2.45) is 0 Å². The zero-order chi connectivity index (χ0) is 19.2. The SMILES string of the molecule is CCOC(=O)C(Cc1cccc2ccccc12)NC(=O)c1ccc(=O)[nH]c1. The largest absolute Gasteiger partial charge is 0.464 e. The summed E-state index contributed by atoms with van der Waals surface area (Å²) in [6.07, 6.45) is 1.62. The van der Waals surface area contributed by atoms with Crippen molar-refractivity contribution in [1.82, 2.24) is 10.3 Å². The molecule has 2 N–H and O–H groups in total. The van der Waals surface area contributed by atoms with Gasteiger partial charge in [-0.2, -0.15) is 0 Å². The smallest absolute Gasteiger partial charge is 0.328 e. The molecule has 0 aliphatic heterocycles. The number of carbonyl (C=O) groups is 2. The van der Waals surface area contributed by atoms with Gasteiger partial charge in [-0.05, 0) is 29.3 Å². The van der Waals surface area contributed by atoms with Crippen molar-refractivity contribution < 1.29 is 14.3 Å². The number of hydrogen-bond donors (Lipinski definition) is 2. The van der Waals surface area contributed by atoms with Crippen molar-refractivity contribution in [1.29, 1.82) is 0 Å². The second kappa shape index (κ2) is 8.31. The lowest BCUT2D eigenvalue weighted by molar-refractivity contribution is -0.145. The highest BCUT2D eigenvalue weighted by atomic mass is 16.5. The zero-order valence-corrected chi connectivity index (χ0v) is 14.9. The van der Waals surface area contributed by atoms with E-state index in [-0.39, 0.29) is 17.7 Å². The van der Waals surface area contributed by atoms with Gasteiger partial charge >= 0.3 is 5.97 Å². The molecule has 3 rings (SSSR count). The van der Waals surface area contributed by atoms with Gasteiger partial charge in [-0.3, -0.25) is 9.59 Å². The first-order valence-electron chi connectivity index (χ1n) is 8.71. The lowest BCUT2D eigenvalue weighted by Gasteiger charge is -2.18. The lowest BCUT2D eigenvalue weighted by Crippen LogP contribution is -2.43. The predicted octanol–water partition coefficient (Wildman–Crippen LogP) is 2.43. The lowest BCUT2D eigenvalue weighted by atomic mass is 9.98. The number of hydrogen-bond acceptors (Lipinski definition) is 4. The number of H-pyrrole nitrogens is 1. The average molecular weight is 364 g/mol. The van der Waals surface area contributed by atoms with Crippen molar-refractivity contribution >= 4 is 22.6 Å². The molecule has 0 saturated carbocycles. The number of benzene rings is 2. The van der Waals surface area contributed by atoms with Gasteiger partial charge in [0.25, 0.3) is 5.91 Å². The molecule has 0 bridgehead atoms. The first-order chi connectivity index (χ1) is 13.1. The Bertz CT molecular complexity index is 1000. The number of pyridine rings is 1. The summed E-state index contributed by atoms with van der Waals surface area (Å²) >= 11 is 0. The number of rotatable bonds is 6. The van der Waals surface area contributed by atoms with Crippen LogP contribution in [0.4, 0.5) is 0 Å². The predicted molar refractivity (Wildman–Crippen MR) is 103 cm³/mol.